The van der Waals surface area contributed by atoms with E-state index in [1.165, 1.54) is 0 Å². The zero-order valence-corrected chi connectivity index (χ0v) is 14.7. The van der Waals surface area contributed by atoms with Gasteiger partial charge in [0.05, 0.1) is 20.3 Å². The van der Waals surface area contributed by atoms with Crippen LogP contribution in [0, 0.1) is 0 Å². The minimum Gasteiger partial charge on any atom is -0.495 e. The number of ether oxygens (including phenoxy) is 2. The summed E-state index contributed by atoms with van der Waals surface area (Å²) in [5.74, 6) is 7.09. The van der Waals surface area contributed by atoms with Crippen molar-refractivity contribution in [3.63, 3.8) is 0 Å². The van der Waals surface area contributed by atoms with Crippen LogP contribution >= 0.6 is 31.9 Å². The fourth-order valence-corrected chi connectivity index (χ4v) is 3.16. The maximum atomic E-state index is 5.74. The molecule has 2 aromatic rings. The number of hydrazine groups is 1. The molecule has 0 saturated carbocycles. The highest BCUT2D eigenvalue weighted by molar-refractivity contribution is 9.11. The molecule has 3 N–H and O–H groups in total. The van der Waals surface area contributed by atoms with Crippen molar-refractivity contribution in [1.29, 1.82) is 0 Å². The zero-order valence-electron chi connectivity index (χ0n) is 11.6. The molecule has 5 nitrogen and oxygen atoms in total. The van der Waals surface area contributed by atoms with Crippen LogP contribution in [0.1, 0.15) is 17.2 Å². The summed E-state index contributed by atoms with van der Waals surface area (Å²) in [6.45, 7) is 0. The molecule has 0 aliphatic carbocycles. The van der Waals surface area contributed by atoms with Crippen LogP contribution in [-0.2, 0) is 0 Å². The average molecular weight is 417 g/mol. The highest BCUT2D eigenvalue weighted by Gasteiger charge is 2.21. The lowest BCUT2D eigenvalue weighted by Gasteiger charge is -2.21. The second kappa shape index (κ2) is 7.22. The lowest BCUT2D eigenvalue weighted by atomic mass is 9.99. The lowest BCUT2D eigenvalue weighted by molar-refractivity contribution is 0.382. The Balaban J connectivity index is 2.55. The lowest BCUT2D eigenvalue weighted by Crippen LogP contribution is -2.29. The maximum Gasteiger partial charge on any atom is 0.141 e. The summed E-state index contributed by atoms with van der Waals surface area (Å²) in [6.07, 6.45) is 3.48. The Morgan fingerprint density at radius 2 is 1.95 bits per heavy atom. The van der Waals surface area contributed by atoms with E-state index in [-0.39, 0.29) is 6.04 Å². The molecule has 2 rings (SSSR count). The number of nitrogens with two attached hydrogens (primary N) is 1. The minimum atomic E-state index is -0.257. The number of hydrogen-bond acceptors (Lipinski definition) is 5. The van der Waals surface area contributed by atoms with Crippen molar-refractivity contribution in [3.8, 4) is 11.5 Å². The van der Waals surface area contributed by atoms with Crippen LogP contribution in [0.5, 0.6) is 11.5 Å². The molecule has 0 fully saturated rings. The van der Waals surface area contributed by atoms with Gasteiger partial charge in [-0.1, -0.05) is 0 Å². The van der Waals surface area contributed by atoms with E-state index >= 15 is 0 Å². The number of methoxy groups -OCH3 is 2. The first-order chi connectivity index (χ1) is 10.1. The van der Waals surface area contributed by atoms with Crippen LogP contribution in [0.2, 0.25) is 0 Å². The summed E-state index contributed by atoms with van der Waals surface area (Å²) in [5.41, 5.74) is 4.60. The molecule has 1 atom stereocenters. The van der Waals surface area contributed by atoms with Crippen LogP contribution in [0.3, 0.4) is 0 Å². The summed E-state index contributed by atoms with van der Waals surface area (Å²) in [5, 5.41) is 0. The van der Waals surface area contributed by atoms with E-state index in [0.717, 1.165) is 20.1 Å². The van der Waals surface area contributed by atoms with Crippen LogP contribution < -0.4 is 20.7 Å². The Kier molecular flexibility index (Phi) is 5.58. The summed E-state index contributed by atoms with van der Waals surface area (Å²) in [6, 6.07) is 5.47. The maximum absolute atomic E-state index is 5.74. The minimum absolute atomic E-state index is 0.257. The van der Waals surface area contributed by atoms with E-state index in [0.29, 0.717) is 11.5 Å². The van der Waals surface area contributed by atoms with Crippen molar-refractivity contribution in [1.82, 2.24) is 10.4 Å². The van der Waals surface area contributed by atoms with Gasteiger partial charge in [-0.3, -0.25) is 10.8 Å². The largest absolute Gasteiger partial charge is 0.495 e. The van der Waals surface area contributed by atoms with Crippen molar-refractivity contribution in [2.75, 3.05) is 14.2 Å². The van der Waals surface area contributed by atoms with Crippen LogP contribution in [0.15, 0.2) is 39.5 Å². The van der Waals surface area contributed by atoms with Gasteiger partial charge in [0.15, 0.2) is 0 Å². The highest BCUT2D eigenvalue weighted by atomic mass is 79.9. The van der Waals surface area contributed by atoms with E-state index in [1.807, 2.05) is 18.2 Å². The SMILES string of the molecule is COc1ccc(C(NN)c2cncc(Br)c2)c(OC)c1Br. The van der Waals surface area contributed by atoms with Crippen molar-refractivity contribution < 1.29 is 9.47 Å². The van der Waals surface area contributed by atoms with E-state index in [1.54, 1.807) is 26.6 Å². The average Bonchev–Trinajstić information content (AvgIpc) is 2.48. The number of rotatable bonds is 5. The molecule has 1 unspecified atom stereocenters. The van der Waals surface area contributed by atoms with Crippen molar-refractivity contribution >= 4 is 31.9 Å². The van der Waals surface area contributed by atoms with E-state index in [9.17, 15) is 0 Å². The second-order valence-electron chi connectivity index (χ2n) is 4.24. The van der Waals surface area contributed by atoms with Gasteiger partial charge in [-0.2, -0.15) is 0 Å². The molecule has 0 aliphatic rings. The second-order valence-corrected chi connectivity index (χ2v) is 5.95. The number of aromatic nitrogens is 1. The Labute approximate surface area is 140 Å². The summed E-state index contributed by atoms with van der Waals surface area (Å²) < 4.78 is 12.4. The highest BCUT2D eigenvalue weighted by Crippen LogP contribution is 2.41. The van der Waals surface area contributed by atoms with Gasteiger partial charge in [0.2, 0.25) is 0 Å². The van der Waals surface area contributed by atoms with Gasteiger partial charge in [-0.15, -0.1) is 0 Å². The first kappa shape index (κ1) is 16.2. The Morgan fingerprint density at radius 1 is 1.19 bits per heavy atom. The van der Waals surface area contributed by atoms with Crippen molar-refractivity contribution in [3.05, 3.63) is 50.7 Å². The van der Waals surface area contributed by atoms with Gasteiger partial charge >= 0.3 is 0 Å². The van der Waals surface area contributed by atoms with Crippen LogP contribution in [-0.4, -0.2) is 19.2 Å². The van der Waals surface area contributed by atoms with Gasteiger partial charge in [0, 0.05) is 22.4 Å². The van der Waals surface area contributed by atoms with Gasteiger partial charge < -0.3 is 9.47 Å². The van der Waals surface area contributed by atoms with E-state index in [4.69, 9.17) is 15.3 Å². The number of benzene rings is 1. The monoisotopic (exact) mass is 415 g/mol. The van der Waals surface area contributed by atoms with Crippen molar-refractivity contribution in [2.24, 2.45) is 5.84 Å². The molecule has 0 amide bonds. The standard InChI is InChI=1S/C14H15Br2N3O2/c1-20-11-4-3-10(14(21-2)12(11)16)13(19-17)8-5-9(15)7-18-6-8/h3-7,13,19H,17H2,1-2H3. The molecular weight excluding hydrogens is 402 g/mol. The third kappa shape index (κ3) is 3.37. The topological polar surface area (TPSA) is 69.4 Å². The summed E-state index contributed by atoms with van der Waals surface area (Å²) >= 11 is 6.91. The molecule has 0 aliphatic heterocycles. The fourth-order valence-electron chi connectivity index (χ4n) is 2.10. The van der Waals surface area contributed by atoms with Gasteiger partial charge in [0.1, 0.15) is 16.0 Å². The van der Waals surface area contributed by atoms with Crippen molar-refractivity contribution in [2.45, 2.75) is 6.04 Å². The number of pyridine rings is 1. The Morgan fingerprint density at radius 3 is 2.52 bits per heavy atom. The molecule has 0 radical (unpaired) electrons. The molecule has 0 saturated heterocycles. The smallest absolute Gasteiger partial charge is 0.141 e. The predicted molar refractivity (Wildman–Crippen MR) is 88.3 cm³/mol. The van der Waals surface area contributed by atoms with Crippen LogP contribution in [0.4, 0.5) is 0 Å². The van der Waals surface area contributed by atoms with Gasteiger partial charge in [0.25, 0.3) is 0 Å². The number of hydrogen-bond donors (Lipinski definition) is 2. The number of halogens is 2. The zero-order chi connectivity index (χ0) is 15.4. The summed E-state index contributed by atoms with van der Waals surface area (Å²) in [4.78, 5) is 4.17. The molecule has 0 bridgehead atoms. The predicted octanol–water partition coefficient (Wildman–Crippen LogP) is 3.18. The number of nitrogens with zero attached hydrogens (tertiary/aromatic N) is 1. The molecule has 7 heteroatoms. The molecule has 1 aromatic carbocycles. The first-order valence-corrected chi connectivity index (χ1v) is 7.68. The third-order valence-electron chi connectivity index (χ3n) is 3.05. The number of nitrogens with one attached hydrogen (secondary N) is 1. The van der Waals surface area contributed by atoms with Crippen LogP contribution in [0.25, 0.3) is 0 Å². The molecular formula is C14H15Br2N3O2. The molecule has 1 heterocycles. The third-order valence-corrected chi connectivity index (χ3v) is 4.24. The van der Waals surface area contributed by atoms with E-state index in [2.05, 4.69) is 42.3 Å². The molecule has 21 heavy (non-hydrogen) atoms. The molecule has 0 spiro atoms. The van der Waals surface area contributed by atoms with Gasteiger partial charge in [-0.05, 0) is 55.6 Å². The Bertz CT molecular complexity index is 638. The normalized spacial score (nSPS) is 12.0. The molecule has 1 aromatic heterocycles. The van der Waals surface area contributed by atoms with Gasteiger partial charge in [-0.25, -0.2) is 5.43 Å². The summed E-state index contributed by atoms with van der Waals surface area (Å²) in [7, 11) is 3.21. The Hall–Kier alpha value is -1.15. The first-order valence-electron chi connectivity index (χ1n) is 6.09. The van der Waals surface area contributed by atoms with E-state index < -0.39 is 0 Å². The molecule has 112 valence electrons. The fraction of sp³-hybridized carbons (Fsp3) is 0.214. The quantitative estimate of drug-likeness (QED) is 0.578.